The van der Waals surface area contributed by atoms with Gasteiger partial charge in [-0.15, -0.1) is 11.3 Å². The number of rotatable bonds is 4. The second kappa shape index (κ2) is 7.50. The Morgan fingerprint density at radius 3 is 2.54 bits per heavy atom. The lowest BCUT2D eigenvalue weighted by molar-refractivity contribution is 0.833. The standard InChI is InChI=1S/C22H19N3S/c1-2-23-22-25(21(16-26-22)18-10-4-3-5-11-18)24-15-19-13-8-12-17-9-6-7-14-20(17)19/h3-16H,2H2,1H3. The Balaban J connectivity index is 1.84. The molecule has 128 valence electrons. The first-order chi connectivity index (χ1) is 12.9. The summed E-state index contributed by atoms with van der Waals surface area (Å²) < 4.78 is 1.94. The molecule has 0 aliphatic heterocycles. The van der Waals surface area contributed by atoms with Crippen molar-refractivity contribution in [3.8, 4) is 11.3 Å². The van der Waals surface area contributed by atoms with Crippen molar-refractivity contribution in [2.24, 2.45) is 10.1 Å². The topological polar surface area (TPSA) is 29.6 Å². The Hall–Kier alpha value is -2.98. The van der Waals surface area contributed by atoms with E-state index in [1.54, 1.807) is 11.3 Å². The third-order valence-corrected chi connectivity index (χ3v) is 5.04. The van der Waals surface area contributed by atoms with Crippen molar-refractivity contribution in [1.29, 1.82) is 0 Å². The van der Waals surface area contributed by atoms with Crippen molar-refractivity contribution in [3.05, 3.63) is 88.5 Å². The quantitative estimate of drug-likeness (QED) is 0.451. The molecule has 1 heterocycles. The molecule has 0 saturated heterocycles. The van der Waals surface area contributed by atoms with E-state index in [1.165, 1.54) is 10.8 Å². The molecule has 4 rings (SSSR count). The first kappa shape index (κ1) is 16.5. The van der Waals surface area contributed by atoms with Crippen molar-refractivity contribution in [3.63, 3.8) is 0 Å². The first-order valence-electron chi connectivity index (χ1n) is 8.65. The maximum absolute atomic E-state index is 4.79. The van der Waals surface area contributed by atoms with Crippen LogP contribution in [0.5, 0.6) is 0 Å². The van der Waals surface area contributed by atoms with Crippen molar-refractivity contribution in [2.45, 2.75) is 6.92 Å². The predicted molar refractivity (Wildman–Crippen MR) is 111 cm³/mol. The molecule has 0 aliphatic rings. The Labute approximate surface area is 156 Å². The van der Waals surface area contributed by atoms with E-state index < -0.39 is 0 Å². The molecule has 0 fully saturated rings. The second-order valence-corrected chi connectivity index (χ2v) is 6.71. The molecule has 0 unspecified atom stereocenters. The van der Waals surface area contributed by atoms with Gasteiger partial charge < -0.3 is 0 Å². The van der Waals surface area contributed by atoms with Gasteiger partial charge in [0.15, 0.2) is 0 Å². The normalized spacial score (nSPS) is 12.3. The Morgan fingerprint density at radius 1 is 0.923 bits per heavy atom. The van der Waals surface area contributed by atoms with Crippen LogP contribution >= 0.6 is 11.3 Å². The fourth-order valence-corrected chi connectivity index (χ4v) is 3.85. The van der Waals surface area contributed by atoms with Crippen LogP contribution in [-0.4, -0.2) is 17.4 Å². The van der Waals surface area contributed by atoms with Crippen LogP contribution in [0, 0.1) is 0 Å². The molecule has 0 bridgehead atoms. The predicted octanol–water partition coefficient (Wildman–Crippen LogP) is 5.17. The smallest absolute Gasteiger partial charge is 0.206 e. The van der Waals surface area contributed by atoms with Gasteiger partial charge in [0.05, 0.1) is 11.9 Å². The van der Waals surface area contributed by atoms with Crippen molar-refractivity contribution < 1.29 is 0 Å². The molecule has 1 aromatic heterocycles. The minimum Gasteiger partial charge on any atom is -0.258 e. The largest absolute Gasteiger partial charge is 0.258 e. The lowest BCUT2D eigenvalue weighted by Gasteiger charge is -2.04. The van der Waals surface area contributed by atoms with E-state index in [4.69, 9.17) is 5.10 Å². The van der Waals surface area contributed by atoms with E-state index in [9.17, 15) is 0 Å². The number of aromatic nitrogens is 1. The van der Waals surface area contributed by atoms with Gasteiger partial charge in [-0.2, -0.15) is 5.10 Å². The molecule has 0 aliphatic carbocycles. The third-order valence-electron chi connectivity index (χ3n) is 4.18. The summed E-state index contributed by atoms with van der Waals surface area (Å²) in [4.78, 5) is 5.50. The summed E-state index contributed by atoms with van der Waals surface area (Å²) in [5.74, 6) is 0. The van der Waals surface area contributed by atoms with Gasteiger partial charge in [0.2, 0.25) is 4.80 Å². The maximum Gasteiger partial charge on any atom is 0.206 e. The summed E-state index contributed by atoms with van der Waals surface area (Å²) in [5, 5.41) is 9.32. The lowest BCUT2D eigenvalue weighted by atomic mass is 10.1. The fourth-order valence-electron chi connectivity index (χ4n) is 2.94. The van der Waals surface area contributed by atoms with Crippen LogP contribution in [-0.2, 0) is 0 Å². The van der Waals surface area contributed by atoms with Gasteiger partial charge in [-0.05, 0) is 17.7 Å². The summed E-state index contributed by atoms with van der Waals surface area (Å²) in [6, 6.07) is 25.0. The molecule has 0 saturated carbocycles. The van der Waals surface area contributed by atoms with Gasteiger partial charge in [0.25, 0.3) is 0 Å². The molecule has 3 aromatic carbocycles. The molecule has 4 aromatic rings. The maximum atomic E-state index is 4.79. The van der Waals surface area contributed by atoms with Gasteiger partial charge in [-0.1, -0.05) is 72.8 Å². The lowest BCUT2D eigenvalue weighted by Crippen LogP contribution is -2.12. The van der Waals surface area contributed by atoms with Crippen LogP contribution in [0.4, 0.5) is 0 Å². The van der Waals surface area contributed by atoms with Gasteiger partial charge >= 0.3 is 0 Å². The highest BCUT2D eigenvalue weighted by atomic mass is 32.1. The molecule has 26 heavy (non-hydrogen) atoms. The Morgan fingerprint density at radius 2 is 1.69 bits per heavy atom. The molecular weight excluding hydrogens is 338 g/mol. The van der Waals surface area contributed by atoms with Crippen molar-refractivity contribution in [1.82, 2.24) is 4.68 Å². The Kier molecular flexibility index (Phi) is 4.75. The van der Waals surface area contributed by atoms with E-state index in [2.05, 4.69) is 65.0 Å². The molecule has 4 heteroatoms. The molecule has 0 spiro atoms. The van der Waals surface area contributed by atoms with E-state index in [-0.39, 0.29) is 0 Å². The summed E-state index contributed by atoms with van der Waals surface area (Å²) >= 11 is 1.62. The summed E-state index contributed by atoms with van der Waals surface area (Å²) in [6.07, 6.45) is 1.93. The summed E-state index contributed by atoms with van der Waals surface area (Å²) in [6.45, 7) is 2.78. The number of thiazole rings is 1. The molecule has 0 radical (unpaired) electrons. The van der Waals surface area contributed by atoms with Gasteiger partial charge in [-0.25, -0.2) is 4.68 Å². The minimum atomic E-state index is 0.735. The van der Waals surface area contributed by atoms with E-state index in [0.717, 1.165) is 28.2 Å². The summed E-state index contributed by atoms with van der Waals surface area (Å²) in [5.41, 5.74) is 3.29. The number of hydrogen-bond donors (Lipinski definition) is 0. The van der Waals surface area contributed by atoms with Gasteiger partial charge in [0, 0.05) is 23.1 Å². The number of nitrogens with zero attached hydrogens (tertiary/aromatic N) is 3. The monoisotopic (exact) mass is 357 g/mol. The zero-order valence-corrected chi connectivity index (χ0v) is 15.4. The molecule has 3 nitrogen and oxygen atoms in total. The van der Waals surface area contributed by atoms with Crippen LogP contribution in [0.3, 0.4) is 0 Å². The Bertz CT molecular complexity index is 1120. The average Bonchev–Trinajstić information content (AvgIpc) is 3.10. The zero-order chi connectivity index (χ0) is 17.8. The van der Waals surface area contributed by atoms with E-state index in [0.29, 0.717) is 0 Å². The minimum absolute atomic E-state index is 0.735. The first-order valence-corrected chi connectivity index (χ1v) is 9.53. The van der Waals surface area contributed by atoms with E-state index in [1.807, 2.05) is 36.0 Å². The van der Waals surface area contributed by atoms with Crippen LogP contribution < -0.4 is 4.80 Å². The summed E-state index contributed by atoms with van der Waals surface area (Å²) in [7, 11) is 0. The van der Waals surface area contributed by atoms with Crippen molar-refractivity contribution in [2.75, 3.05) is 6.54 Å². The number of fused-ring (bicyclic) bond motifs is 1. The van der Waals surface area contributed by atoms with Gasteiger partial charge in [-0.3, -0.25) is 4.99 Å². The van der Waals surface area contributed by atoms with Crippen LogP contribution in [0.1, 0.15) is 12.5 Å². The SMILES string of the molecule is CCN=c1scc(-c2ccccc2)n1N=Cc1cccc2ccccc12. The van der Waals surface area contributed by atoms with E-state index >= 15 is 0 Å². The fraction of sp³-hybridized carbons (Fsp3) is 0.0909. The third kappa shape index (κ3) is 3.24. The van der Waals surface area contributed by atoms with Crippen LogP contribution in [0.2, 0.25) is 0 Å². The second-order valence-electron chi connectivity index (χ2n) is 5.87. The highest BCUT2D eigenvalue weighted by Gasteiger charge is 2.07. The van der Waals surface area contributed by atoms with Gasteiger partial charge in [0.1, 0.15) is 0 Å². The average molecular weight is 357 g/mol. The molecule has 0 N–H and O–H groups in total. The molecule has 0 amide bonds. The molecular formula is C22H19N3S. The highest BCUT2D eigenvalue weighted by Crippen LogP contribution is 2.20. The number of hydrogen-bond acceptors (Lipinski definition) is 3. The zero-order valence-electron chi connectivity index (χ0n) is 14.5. The molecule has 0 atom stereocenters. The van der Waals surface area contributed by atoms with Crippen LogP contribution in [0.25, 0.3) is 22.0 Å². The van der Waals surface area contributed by atoms with Crippen molar-refractivity contribution >= 4 is 28.3 Å². The van der Waals surface area contributed by atoms with Crippen LogP contribution in [0.15, 0.2) is 88.3 Å². The number of benzene rings is 3. The highest BCUT2D eigenvalue weighted by molar-refractivity contribution is 7.07.